The smallest absolute Gasteiger partial charge is 0.395 e. The van der Waals surface area contributed by atoms with Gasteiger partial charge in [0.05, 0.1) is 5.56 Å². The molecule has 0 spiro atoms. The summed E-state index contributed by atoms with van der Waals surface area (Å²) >= 11 is 0. The van der Waals surface area contributed by atoms with Gasteiger partial charge in [0, 0.05) is 28.2 Å². The summed E-state index contributed by atoms with van der Waals surface area (Å²) in [5.41, 5.74) is 6.52. The largest absolute Gasteiger partial charge is 0.586 e. The molecule has 4 atom stereocenters. The summed E-state index contributed by atoms with van der Waals surface area (Å²) in [7, 11) is -4.13. The van der Waals surface area contributed by atoms with Gasteiger partial charge in [-0.05, 0) is 207 Å². The Kier molecular flexibility index (Phi) is 24.1. The fourth-order valence-corrected chi connectivity index (χ4v) is 28.5. The third kappa shape index (κ3) is 16.9. The molecule has 100 heavy (non-hydrogen) atoms. The van der Waals surface area contributed by atoms with Crippen LogP contribution in [0.3, 0.4) is 0 Å². The maximum absolute atomic E-state index is 15.0. The summed E-state index contributed by atoms with van der Waals surface area (Å²) in [5, 5.41) is 8.64. The van der Waals surface area contributed by atoms with Crippen LogP contribution in [0.5, 0.6) is 23.0 Å². The fraction of sp³-hybridized carbons (Fsp3) is 0.357. The van der Waals surface area contributed by atoms with Crippen molar-refractivity contribution in [2.24, 2.45) is 5.92 Å². The number of alkyl halides is 7. The Morgan fingerprint density at radius 1 is 0.390 bits per heavy atom. The molecule has 15 rings (SSSR count). The van der Waals surface area contributed by atoms with Crippen molar-refractivity contribution in [3.8, 4) is 34.1 Å². The van der Waals surface area contributed by atoms with Gasteiger partial charge in [0.15, 0.2) is 23.0 Å². The number of benzene rings is 9. The number of ether oxygens (including phenoxy) is 4. The molecule has 0 bridgehead atoms. The van der Waals surface area contributed by atoms with Crippen molar-refractivity contribution in [1.29, 1.82) is 0 Å². The predicted molar refractivity (Wildman–Crippen MR) is 399 cm³/mol. The van der Waals surface area contributed by atoms with Crippen molar-refractivity contribution in [3.63, 3.8) is 0 Å². The third-order valence-electron chi connectivity index (χ3n) is 20.4. The molecule has 2 heterocycles. The fourth-order valence-electron chi connectivity index (χ4n) is 16.3. The first-order valence-electron chi connectivity index (χ1n) is 35.5. The van der Waals surface area contributed by atoms with E-state index in [2.05, 4.69) is 69.3 Å². The van der Waals surface area contributed by atoms with E-state index in [1.54, 1.807) is 23.0 Å². The quantitative estimate of drug-likeness (QED) is 0.0582. The van der Waals surface area contributed by atoms with Gasteiger partial charge in [0.25, 0.3) is 0 Å². The van der Waals surface area contributed by atoms with Gasteiger partial charge < -0.3 is 18.9 Å². The zero-order valence-electron chi connectivity index (χ0n) is 57.2. The van der Waals surface area contributed by atoms with E-state index < -0.39 is 48.1 Å². The van der Waals surface area contributed by atoms with Gasteiger partial charge in [-0.2, -0.15) is 13.2 Å². The molecule has 0 amide bonds. The molecule has 524 valence electrons. The molecule has 4 unspecified atom stereocenters. The first kappa shape index (κ1) is 73.7. The molecule has 4 saturated carbocycles. The van der Waals surface area contributed by atoms with Crippen LogP contribution in [-0.4, -0.2) is 29.6 Å². The van der Waals surface area contributed by atoms with E-state index in [-0.39, 0.29) is 64.8 Å². The first-order valence-corrected chi connectivity index (χ1v) is 41.1. The Balaban J connectivity index is 0.000000175. The molecule has 4 fully saturated rings. The number of hydrogen-bond acceptors (Lipinski definition) is 4. The van der Waals surface area contributed by atoms with Gasteiger partial charge >= 0.3 is 18.8 Å². The van der Waals surface area contributed by atoms with Crippen LogP contribution in [0.25, 0.3) is 11.1 Å². The molecule has 0 saturated heterocycles. The normalized spacial score (nSPS) is 19.1. The van der Waals surface area contributed by atoms with E-state index in [4.69, 9.17) is 18.9 Å². The summed E-state index contributed by atoms with van der Waals surface area (Å²) in [6.45, 7) is 8.46. The van der Waals surface area contributed by atoms with Crippen LogP contribution >= 0.6 is 31.7 Å². The Morgan fingerprint density at radius 3 is 1.19 bits per heavy atom. The maximum atomic E-state index is 15.0. The zero-order chi connectivity index (χ0) is 68.8. The molecule has 0 aromatic heterocycles. The summed E-state index contributed by atoms with van der Waals surface area (Å²) in [4.78, 5) is 0. The maximum Gasteiger partial charge on any atom is 0.586 e. The Morgan fingerprint density at radius 2 is 0.770 bits per heavy atom. The van der Waals surface area contributed by atoms with Crippen LogP contribution in [0.4, 0.5) is 30.7 Å². The van der Waals surface area contributed by atoms with Gasteiger partial charge in [-0.15, -0.1) is 17.6 Å². The second-order valence-corrected chi connectivity index (χ2v) is 37.2. The Labute approximate surface area is 601 Å². The molecule has 4 nitrogen and oxygen atoms in total. The predicted octanol–water partition coefficient (Wildman–Crippen LogP) is 21.3. The number of hydrogen-bond donors (Lipinski definition) is 0. The first-order chi connectivity index (χ1) is 47.9. The molecule has 4 aliphatic carbocycles. The van der Waals surface area contributed by atoms with Gasteiger partial charge in [0.2, 0.25) is 0 Å². The van der Waals surface area contributed by atoms with Crippen LogP contribution in [0.2, 0.25) is 0 Å². The minimum atomic E-state index is -4.35. The van der Waals surface area contributed by atoms with E-state index in [9.17, 15) is 30.7 Å². The van der Waals surface area contributed by atoms with Gasteiger partial charge in [-0.1, -0.05) is 273 Å². The summed E-state index contributed by atoms with van der Waals surface area (Å²) in [6, 6.07) is 66.0. The number of rotatable bonds is 15. The van der Waals surface area contributed by atoms with Crippen molar-refractivity contribution >= 4 is 79.4 Å². The molecule has 2 aliphatic heterocycles. The molecular weight excluding hydrogens is 1390 g/mol. The van der Waals surface area contributed by atoms with Crippen molar-refractivity contribution in [1.82, 2.24) is 0 Å². The standard InChI is InChI=1S/C41H53F3P2.C38H24F4O4P2.C5H10.Fe/c1-28-22-29(2)25-35(24-28)45(36-26-30(3)23-32(27-36)41(42,43)44)31(4)37-19-13-20-38(37)39-18-11-12-21-40(39)46(33-14-7-5-8-15-33)34-16-9-6-10-17-34;39-37(40)43-29-21-23-31(47(25-13-5-1-6-14-25)26-15-7-2-8-16-26)33(35(29)45-37)34-32(24-22-30-36(34)46-38(41,42)44-30)48(27-17-9-3-10-18-27)28-19-11-4-12-20-28;1-2-4-5-3-1;/h11-12,18,21-27,31,33-34,37-38H,5-10,13-17,19-20H2,1-4H3;1-24H;1-5H2;. The summed E-state index contributed by atoms with van der Waals surface area (Å²) in [5.74, 6) is -0.0212. The zero-order valence-corrected chi connectivity index (χ0v) is 61.8. The van der Waals surface area contributed by atoms with Crippen LogP contribution in [0, 0.1) is 26.7 Å². The molecule has 9 aromatic rings. The minimum Gasteiger partial charge on any atom is -0.395 e. The van der Waals surface area contributed by atoms with E-state index in [0.717, 1.165) is 44.3 Å². The van der Waals surface area contributed by atoms with Crippen LogP contribution in [0.1, 0.15) is 156 Å². The molecular formula is C84H87F7FeO4P4. The van der Waals surface area contributed by atoms with Gasteiger partial charge in [0.1, 0.15) is 0 Å². The molecule has 0 N–H and O–H groups in total. The van der Waals surface area contributed by atoms with E-state index in [1.807, 2.05) is 128 Å². The van der Waals surface area contributed by atoms with Crippen LogP contribution in [0.15, 0.2) is 206 Å². The minimum absolute atomic E-state index is 0. The van der Waals surface area contributed by atoms with Crippen molar-refractivity contribution in [2.75, 3.05) is 0 Å². The van der Waals surface area contributed by atoms with Crippen molar-refractivity contribution < 1.29 is 66.7 Å². The van der Waals surface area contributed by atoms with E-state index >= 15 is 0 Å². The average molecular weight is 1470 g/mol. The molecule has 0 radical (unpaired) electrons. The molecule has 6 aliphatic rings. The third-order valence-corrected chi connectivity index (χ3v) is 31.8. The topological polar surface area (TPSA) is 36.9 Å². The van der Waals surface area contributed by atoms with Crippen molar-refractivity contribution in [2.45, 2.75) is 185 Å². The Bertz CT molecular complexity index is 3910. The number of halogens is 7. The molecule has 9 aromatic carbocycles. The summed E-state index contributed by atoms with van der Waals surface area (Å²) < 4.78 is 123. The number of aryl methyl sites for hydroxylation is 3. The SMILES string of the molecule is C1CCCC1.Cc1cc(C)cc(P(c2cc(C)cc(C(F)(F)F)c2)C(C)C2CCCC2c2ccccc2P(C2CCCCC2)C2CCCCC2)c1.FC1(F)Oc2ccc(P(c3ccccc3)c3ccccc3)c(-c3c(P(c4ccccc4)c4ccccc4)ccc4c3OC(F)(F)O4)c2O1.[Fe]. The second kappa shape index (κ2) is 32.7. The average Bonchev–Trinajstić information content (AvgIpc) is 1.49. The van der Waals surface area contributed by atoms with Crippen LogP contribution < -0.4 is 66.7 Å². The Hall–Kier alpha value is -6.07. The van der Waals surface area contributed by atoms with Crippen molar-refractivity contribution in [3.05, 3.63) is 234 Å². The van der Waals surface area contributed by atoms with Crippen LogP contribution in [-0.2, 0) is 23.2 Å². The van der Waals surface area contributed by atoms with Gasteiger partial charge in [-0.25, -0.2) is 0 Å². The molecule has 16 heteroatoms. The monoisotopic (exact) mass is 1470 g/mol. The van der Waals surface area contributed by atoms with E-state index in [1.165, 1.54) is 150 Å². The second-order valence-electron chi connectivity index (χ2n) is 27.5. The summed E-state index contributed by atoms with van der Waals surface area (Å²) in [6.07, 6.45) is 12.7. The number of fused-ring (bicyclic) bond motifs is 2. The van der Waals surface area contributed by atoms with E-state index in [0.29, 0.717) is 28.0 Å². The van der Waals surface area contributed by atoms with Gasteiger partial charge in [-0.3, -0.25) is 0 Å².